The quantitative estimate of drug-likeness (QED) is 0.657. The summed E-state index contributed by atoms with van der Waals surface area (Å²) in [4.78, 5) is 44.1. The number of halogens is 1. The minimum absolute atomic E-state index is 0.170. The van der Waals surface area contributed by atoms with Gasteiger partial charge in [-0.2, -0.15) is 5.10 Å². The first kappa shape index (κ1) is 21.7. The van der Waals surface area contributed by atoms with E-state index in [-0.39, 0.29) is 18.1 Å². The summed E-state index contributed by atoms with van der Waals surface area (Å²) < 4.78 is 1.54. The van der Waals surface area contributed by atoms with E-state index in [1.807, 2.05) is 0 Å². The third-order valence-electron chi connectivity index (χ3n) is 5.38. The number of aromatic nitrogens is 3. The van der Waals surface area contributed by atoms with Gasteiger partial charge in [0.1, 0.15) is 5.82 Å². The summed E-state index contributed by atoms with van der Waals surface area (Å²) in [7, 11) is 0. The predicted octanol–water partition coefficient (Wildman–Crippen LogP) is 3.08. The maximum Gasteiger partial charge on any atom is 0.278 e. The number of nitrogens with zero attached hydrogens (tertiary/aromatic N) is 4. The van der Waals surface area contributed by atoms with E-state index in [1.165, 1.54) is 11.0 Å². The van der Waals surface area contributed by atoms with E-state index in [0.717, 1.165) is 0 Å². The predicted molar refractivity (Wildman–Crippen MR) is 121 cm³/mol. The number of aryl methyl sites for hydroxylation is 1. The van der Waals surface area contributed by atoms with Crippen molar-refractivity contribution in [3.8, 4) is 5.69 Å². The molecule has 32 heavy (non-hydrogen) atoms. The van der Waals surface area contributed by atoms with Crippen molar-refractivity contribution in [1.29, 1.82) is 0 Å². The molecule has 1 aliphatic rings. The number of hydrogen-bond donors (Lipinski definition) is 1. The lowest BCUT2D eigenvalue weighted by atomic mass is 9.97. The van der Waals surface area contributed by atoms with Gasteiger partial charge in [-0.3, -0.25) is 14.4 Å². The first-order valence-electron chi connectivity index (χ1n) is 10.3. The summed E-state index contributed by atoms with van der Waals surface area (Å²) in [5, 5.41) is 7.70. The minimum Gasteiger partial charge on any atom is -0.336 e. The van der Waals surface area contributed by atoms with Gasteiger partial charge in [-0.25, -0.2) is 9.67 Å². The molecule has 8 nitrogen and oxygen atoms in total. The third-order valence-corrected chi connectivity index (χ3v) is 5.63. The molecule has 0 bridgehead atoms. The standard InChI is InChI=1S/C23H22ClN5O3/c1-15-13-19(30)21(27-29(15)18-9-7-17(24)8-10-18)23(32)28-12-4-5-16(14-28)22(31)26-20-6-2-3-11-25-20/h2-3,6-11,13,16H,4-5,12,14H2,1H3,(H,25,26,31)/t16-/m1/s1. The smallest absolute Gasteiger partial charge is 0.278 e. The Bertz CT molecular complexity index is 1190. The number of hydrogen-bond acceptors (Lipinski definition) is 5. The summed E-state index contributed by atoms with van der Waals surface area (Å²) in [6.45, 7) is 2.42. The number of rotatable bonds is 4. The fourth-order valence-corrected chi connectivity index (χ4v) is 3.86. The van der Waals surface area contributed by atoms with Crippen LogP contribution in [0.3, 0.4) is 0 Å². The van der Waals surface area contributed by atoms with Gasteiger partial charge in [0.15, 0.2) is 5.69 Å². The second-order valence-electron chi connectivity index (χ2n) is 7.68. The minimum atomic E-state index is -0.479. The van der Waals surface area contributed by atoms with Crippen LogP contribution >= 0.6 is 11.6 Å². The molecule has 4 rings (SSSR count). The number of pyridine rings is 1. The number of carbonyl (C=O) groups is 2. The number of piperidine rings is 1. The third kappa shape index (κ3) is 4.70. The van der Waals surface area contributed by atoms with E-state index in [2.05, 4.69) is 15.4 Å². The van der Waals surface area contributed by atoms with Crippen molar-refractivity contribution in [2.75, 3.05) is 18.4 Å². The van der Waals surface area contributed by atoms with E-state index < -0.39 is 17.3 Å². The van der Waals surface area contributed by atoms with Gasteiger partial charge in [0.2, 0.25) is 11.3 Å². The molecule has 1 aromatic carbocycles. The van der Waals surface area contributed by atoms with Crippen LogP contribution in [-0.2, 0) is 4.79 Å². The topological polar surface area (TPSA) is 97.2 Å². The number of likely N-dealkylation sites (tertiary alicyclic amines) is 1. The molecular formula is C23H22ClN5O3. The van der Waals surface area contributed by atoms with Crippen molar-refractivity contribution < 1.29 is 9.59 Å². The highest BCUT2D eigenvalue weighted by molar-refractivity contribution is 6.30. The maximum atomic E-state index is 13.2. The second-order valence-corrected chi connectivity index (χ2v) is 8.12. The number of amides is 2. The molecule has 0 unspecified atom stereocenters. The van der Waals surface area contributed by atoms with Crippen molar-refractivity contribution in [1.82, 2.24) is 19.7 Å². The van der Waals surface area contributed by atoms with Gasteiger partial charge in [-0.05, 0) is 56.2 Å². The fourth-order valence-electron chi connectivity index (χ4n) is 3.73. The molecule has 0 radical (unpaired) electrons. The van der Waals surface area contributed by atoms with Crippen molar-refractivity contribution in [2.45, 2.75) is 19.8 Å². The van der Waals surface area contributed by atoms with Gasteiger partial charge in [-0.15, -0.1) is 0 Å². The highest BCUT2D eigenvalue weighted by atomic mass is 35.5. The molecule has 9 heteroatoms. The molecule has 1 saturated heterocycles. The number of carbonyl (C=O) groups excluding carboxylic acids is 2. The Labute approximate surface area is 189 Å². The van der Waals surface area contributed by atoms with Crippen LogP contribution in [-0.4, -0.2) is 44.6 Å². The Morgan fingerprint density at radius 3 is 2.66 bits per heavy atom. The summed E-state index contributed by atoms with van der Waals surface area (Å²) in [5.41, 5.74) is 0.668. The maximum absolute atomic E-state index is 13.2. The second kappa shape index (κ2) is 9.32. The number of anilines is 1. The zero-order chi connectivity index (χ0) is 22.7. The van der Waals surface area contributed by atoms with Gasteiger partial charge in [0.25, 0.3) is 5.91 Å². The molecule has 0 saturated carbocycles. The highest BCUT2D eigenvalue weighted by Gasteiger charge is 2.31. The molecule has 164 valence electrons. The average Bonchev–Trinajstić information content (AvgIpc) is 2.80. The van der Waals surface area contributed by atoms with E-state index in [0.29, 0.717) is 41.6 Å². The molecule has 1 N–H and O–H groups in total. The Balaban J connectivity index is 1.54. The van der Waals surface area contributed by atoms with Gasteiger partial charge in [-0.1, -0.05) is 17.7 Å². The Hall–Kier alpha value is -3.52. The molecule has 0 spiro atoms. The molecule has 0 aliphatic carbocycles. The van der Waals surface area contributed by atoms with Crippen LogP contribution in [0.4, 0.5) is 5.82 Å². The molecule has 2 amide bonds. The van der Waals surface area contributed by atoms with Crippen molar-refractivity contribution >= 4 is 29.2 Å². The summed E-state index contributed by atoms with van der Waals surface area (Å²) in [5.74, 6) is -0.602. The average molecular weight is 452 g/mol. The van der Waals surface area contributed by atoms with Gasteiger partial charge >= 0.3 is 0 Å². The fraction of sp³-hybridized carbons (Fsp3) is 0.261. The molecule has 2 aromatic heterocycles. The van der Waals surface area contributed by atoms with Gasteiger partial charge in [0.05, 0.1) is 11.6 Å². The summed E-state index contributed by atoms with van der Waals surface area (Å²) >= 11 is 5.96. The lowest BCUT2D eigenvalue weighted by Crippen LogP contribution is -2.45. The Morgan fingerprint density at radius 2 is 1.94 bits per heavy atom. The molecule has 3 heterocycles. The van der Waals surface area contributed by atoms with Crippen LogP contribution in [0.1, 0.15) is 29.0 Å². The molecular weight excluding hydrogens is 430 g/mol. The van der Waals surface area contributed by atoms with Crippen LogP contribution < -0.4 is 10.7 Å². The first-order valence-corrected chi connectivity index (χ1v) is 10.7. The van der Waals surface area contributed by atoms with Crippen LogP contribution in [0.2, 0.25) is 5.02 Å². The zero-order valence-corrected chi connectivity index (χ0v) is 18.2. The Kier molecular flexibility index (Phi) is 6.32. The first-order chi connectivity index (χ1) is 15.4. The normalized spacial score (nSPS) is 15.9. The van der Waals surface area contributed by atoms with E-state index in [1.54, 1.807) is 60.3 Å². The van der Waals surface area contributed by atoms with Crippen molar-refractivity contribution in [3.63, 3.8) is 0 Å². The van der Waals surface area contributed by atoms with Gasteiger partial charge in [0, 0.05) is 36.1 Å². The highest BCUT2D eigenvalue weighted by Crippen LogP contribution is 2.20. The SMILES string of the molecule is Cc1cc(=O)c(C(=O)N2CCC[C@@H](C(=O)Nc3ccccn3)C2)nn1-c1ccc(Cl)cc1. The largest absolute Gasteiger partial charge is 0.336 e. The lowest BCUT2D eigenvalue weighted by Gasteiger charge is -2.31. The molecule has 1 fully saturated rings. The Morgan fingerprint density at radius 1 is 1.16 bits per heavy atom. The molecule has 1 atom stereocenters. The van der Waals surface area contributed by atoms with Crippen LogP contribution in [0, 0.1) is 12.8 Å². The van der Waals surface area contributed by atoms with Crippen molar-refractivity contribution in [3.05, 3.63) is 81.4 Å². The van der Waals surface area contributed by atoms with E-state index >= 15 is 0 Å². The lowest BCUT2D eigenvalue weighted by molar-refractivity contribution is -0.121. The summed E-state index contributed by atoms with van der Waals surface area (Å²) in [6.07, 6.45) is 2.91. The monoisotopic (exact) mass is 451 g/mol. The van der Waals surface area contributed by atoms with Gasteiger partial charge < -0.3 is 10.2 Å². The van der Waals surface area contributed by atoms with Crippen LogP contribution in [0.5, 0.6) is 0 Å². The number of nitrogens with one attached hydrogen (secondary N) is 1. The van der Waals surface area contributed by atoms with Crippen LogP contribution in [0.25, 0.3) is 5.69 Å². The zero-order valence-electron chi connectivity index (χ0n) is 17.5. The molecule has 1 aliphatic heterocycles. The van der Waals surface area contributed by atoms with Crippen molar-refractivity contribution in [2.24, 2.45) is 5.92 Å². The van der Waals surface area contributed by atoms with E-state index in [9.17, 15) is 14.4 Å². The van der Waals surface area contributed by atoms with Crippen LogP contribution in [0.15, 0.2) is 59.5 Å². The number of benzene rings is 1. The summed E-state index contributed by atoms with van der Waals surface area (Å²) in [6, 6.07) is 13.6. The molecule has 3 aromatic rings. The van der Waals surface area contributed by atoms with E-state index in [4.69, 9.17) is 11.6 Å².